The van der Waals surface area contributed by atoms with Crippen molar-refractivity contribution in [1.82, 2.24) is 14.8 Å². The number of urea groups is 1. The van der Waals surface area contributed by atoms with Crippen LogP contribution in [-0.2, 0) is 11.3 Å². The second-order valence-corrected chi connectivity index (χ2v) is 7.78. The lowest BCUT2D eigenvalue weighted by Crippen LogP contribution is -2.30. The van der Waals surface area contributed by atoms with Crippen molar-refractivity contribution in [3.05, 3.63) is 107 Å². The lowest BCUT2D eigenvalue weighted by molar-refractivity contribution is -0.123. The van der Waals surface area contributed by atoms with Crippen molar-refractivity contribution < 1.29 is 9.59 Å². The first-order valence-corrected chi connectivity index (χ1v) is 10.2. The molecule has 3 aromatic carbocycles. The van der Waals surface area contributed by atoms with Gasteiger partial charge < -0.3 is 9.88 Å². The molecule has 0 radical (unpaired) electrons. The van der Waals surface area contributed by atoms with Gasteiger partial charge in [-0.25, -0.2) is 4.79 Å². The molecule has 0 unspecified atom stereocenters. The van der Waals surface area contributed by atoms with Gasteiger partial charge in [-0.1, -0.05) is 54.1 Å². The highest BCUT2D eigenvalue weighted by atomic mass is 35.5. The van der Waals surface area contributed by atoms with Crippen molar-refractivity contribution in [3.63, 3.8) is 0 Å². The van der Waals surface area contributed by atoms with Gasteiger partial charge in [0.1, 0.15) is 5.70 Å². The van der Waals surface area contributed by atoms with Crippen LogP contribution in [0.5, 0.6) is 0 Å². The van der Waals surface area contributed by atoms with Crippen LogP contribution in [0.25, 0.3) is 22.5 Å². The molecule has 3 amide bonds. The van der Waals surface area contributed by atoms with E-state index in [1.54, 1.807) is 30.3 Å². The topological polar surface area (TPSA) is 54.3 Å². The Kier molecular flexibility index (Phi) is 4.81. The number of nitrogens with one attached hydrogen (secondary N) is 1. The highest BCUT2D eigenvalue weighted by Gasteiger charge is 2.33. The number of hydrogen-bond acceptors (Lipinski definition) is 2. The molecular formula is C25H18ClN3O2. The molecule has 31 heavy (non-hydrogen) atoms. The van der Waals surface area contributed by atoms with Crippen LogP contribution >= 0.6 is 11.6 Å². The van der Waals surface area contributed by atoms with Crippen LogP contribution in [0.15, 0.2) is 90.8 Å². The van der Waals surface area contributed by atoms with Crippen molar-refractivity contribution in [2.24, 2.45) is 0 Å². The summed E-state index contributed by atoms with van der Waals surface area (Å²) < 4.78 is 1.99. The Hall–Kier alpha value is -3.83. The Labute approximate surface area is 184 Å². The van der Waals surface area contributed by atoms with Crippen molar-refractivity contribution in [3.8, 4) is 5.69 Å². The Morgan fingerprint density at radius 1 is 0.871 bits per heavy atom. The number of carbonyl (C=O) groups excluding carboxylic acids is 2. The average molecular weight is 428 g/mol. The number of halogens is 1. The first-order valence-electron chi connectivity index (χ1n) is 9.84. The van der Waals surface area contributed by atoms with Crippen LogP contribution in [0, 0.1) is 0 Å². The molecule has 1 aliphatic heterocycles. The summed E-state index contributed by atoms with van der Waals surface area (Å²) in [4.78, 5) is 26.5. The van der Waals surface area contributed by atoms with Crippen molar-refractivity contribution >= 4 is 40.4 Å². The SMILES string of the molecule is O=C1N/C(=C\c2cccn2-c2ccc3ccccc3c2)C(=O)N1Cc1ccc(Cl)cc1. The standard InChI is InChI=1S/C25H18ClN3O2/c26-20-10-7-17(8-11-20)16-29-24(30)23(27-25(29)31)15-21-6-3-13-28(21)22-12-9-18-4-1-2-5-19(18)14-22/h1-15H,16H2,(H,27,31)/b23-15-. The molecule has 5 nitrogen and oxygen atoms in total. The first kappa shape index (κ1) is 19.2. The van der Waals surface area contributed by atoms with Gasteiger partial charge in [-0.15, -0.1) is 0 Å². The summed E-state index contributed by atoms with van der Waals surface area (Å²) in [6.07, 6.45) is 3.64. The summed E-state index contributed by atoms with van der Waals surface area (Å²) in [6, 6.07) is 24.8. The number of fused-ring (bicyclic) bond motifs is 1. The number of amides is 3. The number of imide groups is 1. The Bertz CT molecular complexity index is 1340. The number of carbonyl (C=O) groups is 2. The molecule has 1 aliphatic rings. The largest absolute Gasteiger partial charge is 0.329 e. The molecule has 1 aromatic heterocycles. The molecule has 0 atom stereocenters. The molecule has 0 bridgehead atoms. The molecule has 0 aliphatic carbocycles. The highest BCUT2D eigenvalue weighted by molar-refractivity contribution is 6.30. The van der Waals surface area contributed by atoms with Crippen LogP contribution in [0.4, 0.5) is 4.79 Å². The maximum Gasteiger partial charge on any atom is 0.329 e. The van der Waals surface area contributed by atoms with Crippen molar-refractivity contribution in [2.75, 3.05) is 0 Å². The van der Waals surface area contributed by atoms with Crippen LogP contribution in [0.3, 0.4) is 0 Å². The number of rotatable bonds is 4. The van der Waals surface area contributed by atoms with Gasteiger partial charge in [-0.2, -0.15) is 0 Å². The zero-order valence-electron chi connectivity index (χ0n) is 16.5. The van der Waals surface area contributed by atoms with E-state index >= 15 is 0 Å². The van der Waals surface area contributed by atoms with E-state index in [2.05, 4.69) is 29.6 Å². The lowest BCUT2D eigenvalue weighted by Gasteiger charge is -2.11. The predicted molar refractivity (Wildman–Crippen MR) is 122 cm³/mol. The van der Waals surface area contributed by atoms with Gasteiger partial charge in [0.25, 0.3) is 5.91 Å². The molecule has 4 aromatic rings. The molecule has 1 fully saturated rings. The maximum absolute atomic E-state index is 12.9. The molecule has 0 spiro atoms. The maximum atomic E-state index is 12.9. The zero-order valence-corrected chi connectivity index (χ0v) is 17.2. The van der Waals surface area contributed by atoms with E-state index in [-0.39, 0.29) is 18.1 Å². The third-order valence-electron chi connectivity index (χ3n) is 5.30. The highest BCUT2D eigenvalue weighted by Crippen LogP contribution is 2.23. The molecule has 5 rings (SSSR count). The fourth-order valence-electron chi connectivity index (χ4n) is 3.71. The summed E-state index contributed by atoms with van der Waals surface area (Å²) in [5.41, 5.74) is 2.85. The third kappa shape index (κ3) is 3.71. The summed E-state index contributed by atoms with van der Waals surface area (Å²) in [5, 5.41) is 5.59. The minimum atomic E-state index is -0.435. The molecule has 2 heterocycles. The Morgan fingerprint density at radius 2 is 1.65 bits per heavy atom. The first-order chi connectivity index (χ1) is 15.1. The van der Waals surface area contributed by atoms with Crippen LogP contribution in [0.1, 0.15) is 11.3 Å². The normalized spacial score (nSPS) is 15.1. The molecule has 1 N–H and O–H groups in total. The second-order valence-electron chi connectivity index (χ2n) is 7.34. The fraction of sp³-hybridized carbons (Fsp3) is 0.0400. The van der Waals surface area contributed by atoms with E-state index in [0.717, 1.165) is 27.7 Å². The van der Waals surface area contributed by atoms with Crippen LogP contribution in [0.2, 0.25) is 5.02 Å². The fourth-order valence-corrected chi connectivity index (χ4v) is 3.83. The van der Waals surface area contributed by atoms with Crippen LogP contribution < -0.4 is 5.32 Å². The van der Waals surface area contributed by atoms with Crippen molar-refractivity contribution in [2.45, 2.75) is 6.54 Å². The van der Waals surface area contributed by atoms with Gasteiger partial charge in [0.05, 0.1) is 6.54 Å². The zero-order chi connectivity index (χ0) is 21.4. The van der Waals surface area contributed by atoms with Gasteiger partial charge >= 0.3 is 6.03 Å². The van der Waals surface area contributed by atoms with Gasteiger partial charge in [-0.3, -0.25) is 9.69 Å². The molecule has 0 saturated carbocycles. The average Bonchev–Trinajstić information content (AvgIpc) is 3.35. The molecule has 1 saturated heterocycles. The van der Waals surface area contributed by atoms with E-state index in [4.69, 9.17) is 11.6 Å². The monoisotopic (exact) mass is 427 g/mol. The predicted octanol–water partition coefficient (Wildman–Crippen LogP) is 5.38. The van der Waals surface area contributed by atoms with E-state index in [0.29, 0.717) is 5.02 Å². The summed E-state index contributed by atoms with van der Waals surface area (Å²) in [5.74, 6) is -0.355. The van der Waals surface area contributed by atoms with Crippen molar-refractivity contribution in [1.29, 1.82) is 0 Å². The number of benzene rings is 3. The quantitative estimate of drug-likeness (QED) is 0.351. The number of aromatic nitrogens is 1. The Balaban J connectivity index is 1.43. The van der Waals surface area contributed by atoms with Gasteiger partial charge in [0, 0.05) is 22.6 Å². The Morgan fingerprint density at radius 3 is 2.45 bits per heavy atom. The molecular weight excluding hydrogens is 410 g/mol. The van der Waals surface area contributed by atoms with Gasteiger partial charge in [0.15, 0.2) is 0 Å². The minimum absolute atomic E-state index is 0.185. The van der Waals surface area contributed by atoms with E-state index in [1.807, 2.05) is 41.1 Å². The van der Waals surface area contributed by atoms with E-state index in [1.165, 1.54) is 4.90 Å². The molecule has 6 heteroatoms. The minimum Gasteiger partial charge on any atom is -0.317 e. The molecule has 152 valence electrons. The number of hydrogen-bond donors (Lipinski definition) is 1. The second kappa shape index (κ2) is 7.78. The summed E-state index contributed by atoms with van der Waals surface area (Å²) in [6.45, 7) is 0.185. The summed E-state index contributed by atoms with van der Waals surface area (Å²) in [7, 11) is 0. The third-order valence-corrected chi connectivity index (χ3v) is 5.55. The van der Waals surface area contributed by atoms with Gasteiger partial charge in [-0.05, 0) is 58.8 Å². The lowest BCUT2D eigenvalue weighted by atomic mass is 10.1. The summed E-state index contributed by atoms with van der Waals surface area (Å²) >= 11 is 5.91. The van der Waals surface area contributed by atoms with E-state index < -0.39 is 6.03 Å². The smallest absolute Gasteiger partial charge is 0.317 e. The van der Waals surface area contributed by atoms with Gasteiger partial charge in [0.2, 0.25) is 0 Å². The van der Waals surface area contributed by atoms with E-state index in [9.17, 15) is 9.59 Å². The number of nitrogens with zero attached hydrogens (tertiary/aromatic N) is 2. The van der Waals surface area contributed by atoms with Crippen LogP contribution in [-0.4, -0.2) is 21.4 Å².